The maximum absolute atomic E-state index is 10.6. The average Bonchev–Trinajstić information content (AvgIpc) is 1.85. The van der Waals surface area contributed by atoms with E-state index in [-0.39, 0.29) is 49.4 Å². The zero-order chi connectivity index (χ0) is 7.11. The van der Waals surface area contributed by atoms with Crippen LogP contribution < -0.4 is 0 Å². The van der Waals surface area contributed by atoms with Gasteiger partial charge in [-0.1, -0.05) is 6.42 Å². The molecule has 0 radical (unpaired) electrons. The fourth-order valence-electron chi connectivity index (χ4n) is 0.502. The fourth-order valence-corrected chi connectivity index (χ4v) is 0.502. The third kappa shape index (κ3) is 13.8. The molecule has 0 amide bonds. The minimum absolute atomic E-state index is 0. The molecule has 0 saturated heterocycles. The fraction of sp³-hybridized carbons (Fsp3) is 0.714. The monoisotopic (exact) mass is 321 g/mol. The summed E-state index contributed by atoms with van der Waals surface area (Å²) in [7, 11) is 0. The molecule has 0 aromatic carbocycles. The van der Waals surface area contributed by atoms with Gasteiger partial charge in [0.2, 0.25) is 0 Å². The molecular weight excluding hydrogens is 308 g/mol. The summed E-state index contributed by atoms with van der Waals surface area (Å²) >= 11 is 0. The number of hydrogen-bond acceptors (Lipinski definition) is 2. The van der Waals surface area contributed by atoms with Gasteiger partial charge in [-0.2, -0.15) is 6.42 Å². The van der Waals surface area contributed by atoms with Gasteiger partial charge in [0.1, 0.15) is 0 Å². The van der Waals surface area contributed by atoms with Gasteiger partial charge in [-0.05, 0) is 6.92 Å². The number of rotatable bonds is 4. The van der Waals surface area contributed by atoms with Crippen LogP contribution in [0.25, 0.3) is 0 Å². The summed E-state index contributed by atoms with van der Waals surface area (Å²) in [4.78, 5) is 10.6. The van der Waals surface area contributed by atoms with E-state index in [1.54, 1.807) is 0 Å². The van der Waals surface area contributed by atoms with Crippen LogP contribution in [0.5, 0.6) is 0 Å². The predicted molar refractivity (Wildman–Crippen MR) is 51.3 cm³/mol. The smallest absolute Gasteiger partial charge is 0.305 e. The van der Waals surface area contributed by atoms with E-state index in [2.05, 4.69) is 11.7 Å². The van der Waals surface area contributed by atoms with Gasteiger partial charge in [0.15, 0.2) is 0 Å². The van der Waals surface area contributed by atoms with E-state index in [0.29, 0.717) is 13.0 Å². The molecule has 0 aliphatic carbocycles. The zero-order valence-electron chi connectivity index (χ0n) is 6.97. The molecule has 4 heteroatoms. The molecule has 0 bridgehead atoms. The summed E-state index contributed by atoms with van der Waals surface area (Å²) in [6, 6.07) is 0. The Morgan fingerprint density at radius 3 is 2.45 bits per heavy atom. The number of hydrogen-bond donors (Lipinski definition) is 0. The largest absolute Gasteiger partial charge is 0.466 e. The van der Waals surface area contributed by atoms with Crippen LogP contribution in [0.1, 0.15) is 26.2 Å². The van der Waals surface area contributed by atoms with E-state index >= 15 is 0 Å². The predicted octanol–water partition coefficient (Wildman–Crippen LogP) is 2.17. The topological polar surface area (TPSA) is 26.3 Å². The first-order chi connectivity index (χ1) is 4.31. The Hall–Kier alpha value is 0.823. The molecule has 2 nitrogen and oxygen atoms in total. The summed E-state index contributed by atoms with van der Waals surface area (Å²) < 4.78 is 4.68. The average molecular weight is 322 g/mol. The van der Waals surface area contributed by atoms with Crippen molar-refractivity contribution in [2.24, 2.45) is 0 Å². The van der Waals surface area contributed by atoms with E-state index in [1.165, 1.54) is 0 Å². The van der Waals surface area contributed by atoms with Crippen LogP contribution in [0.2, 0.25) is 0 Å². The van der Waals surface area contributed by atoms with Gasteiger partial charge in [0.25, 0.3) is 0 Å². The van der Waals surface area contributed by atoms with E-state index < -0.39 is 0 Å². The van der Waals surface area contributed by atoms with Crippen molar-refractivity contribution in [2.75, 3.05) is 6.61 Å². The summed E-state index contributed by atoms with van der Waals surface area (Å²) in [5.74, 6) is -0.110. The van der Waals surface area contributed by atoms with Crippen molar-refractivity contribution < 1.29 is 29.0 Å². The Bertz CT molecular complexity index is 88.5. The Labute approximate surface area is 98.2 Å². The molecule has 0 fully saturated rings. The molecule has 0 aliphatic heterocycles. The standard InChI is InChI=1S/C7H13O2.HI.Zn/c1-3-5-6-7(8)9-4-2;;/h1,3-6H2,2H3;1H;/q-1;;. The van der Waals surface area contributed by atoms with Crippen molar-refractivity contribution in [3.8, 4) is 0 Å². The van der Waals surface area contributed by atoms with Crippen molar-refractivity contribution in [2.45, 2.75) is 26.2 Å². The summed E-state index contributed by atoms with van der Waals surface area (Å²) in [5, 5.41) is 0. The first-order valence-corrected chi connectivity index (χ1v) is 3.26. The second-order valence-corrected chi connectivity index (χ2v) is 1.76. The normalized spacial score (nSPS) is 7.45. The van der Waals surface area contributed by atoms with Crippen LogP contribution in [0, 0.1) is 6.92 Å². The van der Waals surface area contributed by atoms with Gasteiger partial charge < -0.3 is 11.7 Å². The summed E-state index contributed by atoms with van der Waals surface area (Å²) in [6.45, 7) is 5.90. The first kappa shape index (κ1) is 17.8. The van der Waals surface area contributed by atoms with E-state index in [1.807, 2.05) is 6.92 Å². The molecule has 0 spiro atoms. The van der Waals surface area contributed by atoms with Crippen LogP contribution in [-0.2, 0) is 29.0 Å². The van der Waals surface area contributed by atoms with Crippen LogP contribution in [0.4, 0.5) is 0 Å². The SMILES string of the molecule is I.[CH2-]CCCC(=O)OCC.[Zn]. The van der Waals surface area contributed by atoms with E-state index in [9.17, 15) is 4.79 Å². The molecule has 0 N–H and O–H groups in total. The molecule has 0 aliphatic rings. The van der Waals surface area contributed by atoms with Crippen molar-refractivity contribution in [3.05, 3.63) is 6.92 Å². The van der Waals surface area contributed by atoms with Gasteiger partial charge in [-0.3, -0.25) is 4.79 Å². The van der Waals surface area contributed by atoms with Crippen LogP contribution >= 0.6 is 24.0 Å². The first-order valence-electron chi connectivity index (χ1n) is 3.26. The molecule has 0 heterocycles. The number of unbranched alkanes of at least 4 members (excludes halogenated alkanes) is 1. The third-order valence-electron chi connectivity index (χ3n) is 0.936. The molecule has 0 rings (SSSR count). The van der Waals surface area contributed by atoms with Crippen molar-refractivity contribution in [1.82, 2.24) is 0 Å². The molecule has 0 saturated carbocycles. The second-order valence-electron chi connectivity index (χ2n) is 1.76. The molecular formula is C7H14IO2Zn-. The Morgan fingerprint density at radius 1 is 1.55 bits per heavy atom. The molecule has 0 atom stereocenters. The van der Waals surface area contributed by atoms with Crippen LogP contribution in [0.15, 0.2) is 0 Å². The van der Waals surface area contributed by atoms with Crippen LogP contribution in [0.3, 0.4) is 0 Å². The maximum Gasteiger partial charge on any atom is 0.305 e. The number of ether oxygens (including phenoxy) is 1. The Morgan fingerprint density at radius 2 is 2.09 bits per heavy atom. The van der Waals surface area contributed by atoms with Crippen molar-refractivity contribution in [1.29, 1.82) is 0 Å². The van der Waals surface area contributed by atoms with Crippen molar-refractivity contribution in [3.63, 3.8) is 0 Å². The quantitative estimate of drug-likeness (QED) is 0.343. The van der Waals surface area contributed by atoms with E-state index in [0.717, 1.165) is 12.8 Å². The van der Waals surface area contributed by atoms with Gasteiger partial charge in [-0.15, -0.1) is 24.0 Å². The van der Waals surface area contributed by atoms with Gasteiger partial charge in [0.05, 0.1) is 6.61 Å². The zero-order valence-corrected chi connectivity index (χ0v) is 12.3. The number of carbonyl (C=O) groups excluding carboxylic acids is 1. The van der Waals surface area contributed by atoms with E-state index in [4.69, 9.17) is 0 Å². The van der Waals surface area contributed by atoms with Gasteiger partial charge in [0, 0.05) is 25.9 Å². The number of halogens is 1. The third-order valence-corrected chi connectivity index (χ3v) is 0.936. The second kappa shape index (κ2) is 13.4. The number of esters is 1. The Balaban J connectivity index is -0.000000320. The van der Waals surface area contributed by atoms with Gasteiger partial charge in [-0.25, -0.2) is 0 Å². The maximum atomic E-state index is 10.6. The summed E-state index contributed by atoms with van der Waals surface area (Å²) in [5.41, 5.74) is 0. The van der Waals surface area contributed by atoms with Gasteiger partial charge >= 0.3 is 5.97 Å². The molecule has 64 valence electrons. The molecule has 11 heavy (non-hydrogen) atoms. The van der Waals surface area contributed by atoms with Crippen molar-refractivity contribution >= 4 is 29.9 Å². The minimum Gasteiger partial charge on any atom is -0.466 e. The minimum atomic E-state index is -0.110. The molecule has 0 unspecified atom stereocenters. The van der Waals surface area contributed by atoms with Crippen LogP contribution in [-0.4, -0.2) is 12.6 Å². The summed E-state index contributed by atoms with van der Waals surface area (Å²) in [6.07, 6.45) is 2.15. The number of carbonyl (C=O) groups is 1. The molecule has 0 aromatic heterocycles. The Kier molecular flexibility index (Phi) is 21.7. The molecule has 0 aromatic rings.